The van der Waals surface area contributed by atoms with Gasteiger partial charge in [0, 0.05) is 23.0 Å². The molecular formula is C22H20ClN3O3S2. The smallest absolute Gasteiger partial charge is 0.332 e. The second-order valence-electron chi connectivity index (χ2n) is 7.02. The number of hydrogen-bond donors (Lipinski definition) is 1. The zero-order chi connectivity index (χ0) is 21.8. The SMILES string of the molecule is O=C(Cn1c(=O)n(CCc2cccs2)c(=O)c2sccc21)NCCc1ccc(Cl)cc1. The Kier molecular flexibility index (Phi) is 6.70. The van der Waals surface area contributed by atoms with Crippen LogP contribution < -0.4 is 16.6 Å². The van der Waals surface area contributed by atoms with E-state index >= 15 is 0 Å². The minimum Gasteiger partial charge on any atom is -0.354 e. The van der Waals surface area contributed by atoms with Gasteiger partial charge in [0.2, 0.25) is 5.91 Å². The predicted octanol–water partition coefficient (Wildman–Crippen LogP) is 3.54. The van der Waals surface area contributed by atoms with Gasteiger partial charge >= 0.3 is 5.69 Å². The van der Waals surface area contributed by atoms with Gasteiger partial charge in [-0.25, -0.2) is 4.79 Å². The number of carbonyl (C=O) groups excluding carboxylic acids is 1. The van der Waals surface area contributed by atoms with Gasteiger partial charge in [-0.3, -0.25) is 18.7 Å². The molecule has 0 saturated carbocycles. The van der Waals surface area contributed by atoms with E-state index in [4.69, 9.17) is 11.6 Å². The number of carbonyl (C=O) groups is 1. The van der Waals surface area contributed by atoms with Crippen molar-refractivity contribution >= 4 is 50.4 Å². The Bertz CT molecular complexity index is 1300. The molecule has 9 heteroatoms. The predicted molar refractivity (Wildman–Crippen MR) is 127 cm³/mol. The molecule has 0 atom stereocenters. The lowest BCUT2D eigenvalue weighted by Gasteiger charge is -2.12. The zero-order valence-electron chi connectivity index (χ0n) is 16.5. The number of benzene rings is 1. The van der Waals surface area contributed by atoms with Gasteiger partial charge in [-0.15, -0.1) is 22.7 Å². The number of aromatic nitrogens is 2. The van der Waals surface area contributed by atoms with Crippen LogP contribution in [0.15, 0.2) is 62.8 Å². The number of fused-ring (bicyclic) bond motifs is 1. The molecule has 0 bridgehead atoms. The van der Waals surface area contributed by atoms with Crippen molar-refractivity contribution < 1.29 is 4.79 Å². The van der Waals surface area contributed by atoms with Gasteiger partial charge in [-0.1, -0.05) is 29.8 Å². The van der Waals surface area contributed by atoms with Crippen LogP contribution in [0.4, 0.5) is 0 Å². The van der Waals surface area contributed by atoms with E-state index in [-0.39, 0.29) is 24.6 Å². The number of rotatable bonds is 8. The summed E-state index contributed by atoms with van der Waals surface area (Å²) in [7, 11) is 0. The van der Waals surface area contributed by atoms with Crippen LogP contribution in [-0.2, 0) is 30.7 Å². The second-order valence-corrected chi connectivity index (χ2v) is 9.40. The van der Waals surface area contributed by atoms with Crippen LogP contribution in [0.5, 0.6) is 0 Å². The van der Waals surface area contributed by atoms with Crippen molar-refractivity contribution in [1.29, 1.82) is 0 Å². The highest BCUT2D eigenvalue weighted by Crippen LogP contribution is 2.16. The largest absolute Gasteiger partial charge is 0.354 e. The standard InChI is InChI=1S/C22H20ClN3O3S2/c23-16-5-3-15(4-6-16)7-10-24-19(27)14-26-18-9-13-31-20(18)21(28)25(22(26)29)11-8-17-2-1-12-30-17/h1-6,9,12-13H,7-8,10-11,14H2,(H,24,27). The molecule has 160 valence electrons. The van der Waals surface area contributed by atoms with E-state index in [2.05, 4.69) is 5.32 Å². The molecule has 0 spiro atoms. The summed E-state index contributed by atoms with van der Waals surface area (Å²) in [4.78, 5) is 39.5. The Balaban J connectivity index is 1.50. The van der Waals surface area contributed by atoms with Crippen molar-refractivity contribution in [1.82, 2.24) is 14.5 Å². The van der Waals surface area contributed by atoms with Crippen molar-refractivity contribution in [2.24, 2.45) is 0 Å². The summed E-state index contributed by atoms with van der Waals surface area (Å²) in [5.74, 6) is -0.271. The summed E-state index contributed by atoms with van der Waals surface area (Å²) in [6.45, 7) is 0.593. The first-order valence-electron chi connectivity index (χ1n) is 9.77. The average Bonchev–Trinajstić information content (AvgIpc) is 3.45. The zero-order valence-corrected chi connectivity index (χ0v) is 18.9. The number of thiophene rings is 2. The lowest BCUT2D eigenvalue weighted by molar-refractivity contribution is -0.121. The van der Waals surface area contributed by atoms with E-state index < -0.39 is 5.69 Å². The molecule has 4 aromatic rings. The molecule has 0 unspecified atom stereocenters. The molecular weight excluding hydrogens is 454 g/mol. The third-order valence-corrected chi connectivity index (χ3v) is 7.03. The number of hydrogen-bond acceptors (Lipinski definition) is 5. The first kappa shape index (κ1) is 21.5. The highest BCUT2D eigenvalue weighted by molar-refractivity contribution is 7.17. The third kappa shape index (κ3) is 4.98. The van der Waals surface area contributed by atoms with Crippen molar-refractivity contribution in [2.45, 2.75) is 25.9 Å². The van der Waals surface area contributed by atoms with E-state index in [1.165, 1.54) is 20.5 Å². The monoisotopic (exact) mass is 473 g/mol. The van der Waals surface area contributed by atoms with Crippen LogP contribution in [0.1, 0.15) is 10.4 Å². The minimum atomic E-state index is -0.458. The Morgan fingerprint density at radius 1 is 0.968 bits per heavy atom. The average molecular weight is 474 g/mol. The molecule has 1 amide bonds. The van der Waals surface area contributed by atoms with Crippen LogP contribution >= 0.6 is 34.3 Å². The number of nitrogens with one attached hydrogen (secondary N) is 1. The first-order chi connectivity index (χ1) is 15.0. The van der Waals surface area contributed by atoms with Gasteiger partial charge in [-0.2, -0.15) is 0 Å². The Morgan fingerprint density at radius 3 is 2.52 bits per heavy atom. The van der Waals surface area contributed by atoms with Crippen LogP contribution in [0.2, 0.25) is 5.02 Å². The van der Waals surface area contributed by atoms with Gasteiger partial charge in [0.1, 0.15) is 11.2 Å². The second kappa shape index (κ2) is 9.64. The topological polar surface area (TPSA) is 73.1 Å². The van der Waals surface area contributed by atoms with Crippen LogP contribution in [0, 0.1) is 0 Å². The van der Waals surface area contributed by atoms with Gasteiger partial charge in [0.25, 0.3) is 5.56 Å². The minimum absolute atomic E-state index is 0.133. The van der Waals surface area contributed by atoms with Crippen LogP contribution in [0.25, 0.3) is 10.2 Å². The fourth-order valence-electron chi connectivity index (χ4n) is 3.36. The van der Waals surface area contributed by atoms with Gasteiger partial charge in [0.15, 0.2) is 0 Å². The highest BCUT2D eigenvalue weighted by atomic mass is 35.5. The molecule has 0 aliphatic carbocycles. The van der Waals surface area contributed by atoms with Crippen molar-refractivity contribution in [3.63, 3.8) is 0 Å². The molecule has 3 aromatic heterocycles. The summed E-state index contributed by atoms with van der Waals surface area (Å²) in [5, 5.41) is 7.25. The van der Waals surface area contributed by atoms with E-state index in [0.29, 0.717) is 34.6 Å². The van der Waals surface area contributed by atoms with Crippen molar-refractivity contribution in [3.8, 4) is 0 Å². The maximum atomic E-state index is 13.1. The fraction of sp³-hybridized carbons (Fsp3) is 0.227. The van der Waals surface area contributed by atoms with Crippen molar-refractivity contribution in [3.05, 3.63) is 89.5 Å². The Labute approximate surface area is 191 Å². The maximum Gasteiger partial charge on any atom is 0.332 e. The number of amides is 1. The Hall–Kier alpha value is -2.68. The van der Waals surface area contributed by atoms with E-state index in [1.807, 2.05) is 41.8 Å². The normalized spacial score (nSPS) is 11.1. The summed E-state index contributed by atoms with van der Waals surface area (Å²) in [5.41, 5.74) is 0.802. The molecule has 0 saturated heterocycles. The molecule has 31 heavy (non-hydrogen) atoms. The van der Waals surface area contributed by atoms with E-state index in [0.717, 1.165) is 10.4 Å². The lowest BCUT2D eigenvalue weighted by Crippen LogP contribution is -2.42. The summed E-state index contributed by atoms with van der Waals surface area (Å²) in [6.07, 6.45) is 1.25. The molecule has 0 aliphatic heterocycles. The molecule has 6 nitrogen and oxygen atoms in total. The molecule has 0 fully saturated rings. The van der Waals surface area contributed by atoms with Gasteiger partial charge in [-0.05, 0) is 53.4 Å². The summed E-state index contributed by atoms with van der Waals surface area (Å²) >= 11 is 8.76. The quantitative estimate of drug-likeness (QED) is 0.425. The van der Waals surface area contributed by atoms with E-state index in [1.54, 1.807) is 22.8 Å². The van der Waals surface area contributed by atoms with Crippen molar-refractivity contribution in [2.75, 3.05) is 6.54 Å². The van der Waals surface area contributed by atoms with Gasteiger partial charge < -0.3 is 5.32 Å². The molecule has 4 rings (SSSR count). The molecule has 0 radical (unpaired) electrons. The number of aryl methyl sites for hydroxylation is 1. The molecule has 0 aliphatic rings. The first-order valence-corrected chi connectivity index (χ1v) is 11.9. The van der Waals surface area contributed by atoms with Crippen LogP contribution in [0.3, 0.4) is 0 Å². The fourth-order valence-corrected chi connectivity index (χ4v) is 5.02. The number of nitrogens with zero attached hydrogens (tertiary/aromatic N) is 2. The Morgan fingerprint density at radius 2 is 1.77 bits per heavy atom. The third-order valence-electron chi connectivity index (χ3n) is 4.95. The van der Waals surface area contributed by atoms with Crippen LogP contribution in [-0.4, -0.2) is 21.6 Å². The summed E-state index contributed by atoms with van der Waals surface area (Å²) < 4.78 is 3.11. The molecule has 3 heterocycles. The molecule has 1 N–H and O–H groups in total. The maximum absolute atomic E-state index is 13.1. The van der Waals surface area contributed by atoms with E-state index in [9.17, 15) is 14.4 Å². The highest BCUT2D eigenvalue weighted by Gasteiger charge is 2.16. The summed E-state index contributed by atoms with van der Waals surface area (Å²) in [6, 6.07) is 13.1. The number of halogens is 1. The van der Waals surface area contributed by atoms with Gasteiger partial charge in [0.05, 0.1) is 5.52 Å². The lowest BCUT2D eigenvalue weighted by atomic mass is 10.1. The molecule has 1 aromatic carbocycles.